The van der Waals surface area contributed by atoms with Crippen LogP contribution in [0.4, 0.5) is 5.82 Å². The van der Waals surface area contributed by atoms with Crippen LogP contribution in [-0.2, 0) is 4.74 Å². The van der Waals surface area contributed by atoms with E-state index in [9.17, 15) is 5.11 Å². The fourth-order valence-electron chi connectivity index (χ4n) is 1.14. The molecule has 16 heavy (non-hydrogen) atoms. The van der Waals surface area contributed by atoms with Crippen molar-refractivity contribution in [3.63, 3.8) is 0 Å². The minimum absolute atomic E-state index is 0.0135. The molecule has 0 aliphatic carbocycles. The number of methoxy groups -OCH3 is 1. The van der Waals surface area contributed by atoms with E-state index in [0.29, 0.717) is 13.2 Å². The van der Waals surface area contributed by atoms with Crippen LogP contribution < -0.4 is 5.32 Å². The molecule has 1 aromatic heterocycles. The van der Waals surface area contributed by atoms with Crippen LogP contribution in [0.3, 0.4) is 0 Å². The van der Waals surface area contributed by atoms with E-state index in [2.05, 4.69) is 15.3 Å². The van der Waals surface area contributed by atoms with Gasteiger partial charge in [0.05, 0.1) is 12.8 Å². The molecule has 7 heteroatoms. The quantitative estimate of drug-likeness (QED) is 0.635. The van der Waals surface area contributed by atoms with E-state index in [1.54, 1.807) is 7.11 Å². The number of halogens is 1. The van der Waals surface area contributed by atoms with Crippen molar-refractivity contribution >= 4 is 17.4 Å². The van der Waals surface area contributed by atoms with E-state index in [-0.39, 0.29) is 29.4 Å². The fraction of sp³-hybridized carbons (Fsp3) is 0.556. The highest BCUT2D eigenvalue weighted by atomic mass is 35.5. The van der Waals surface area contributed by atoms with Gasteiger partial charge in [0.25, 0.3) is 0 Å². The van der Waals surface area contributed by atoms with Gasteiger partial charge < -0.3 is 20.3 Å². The normalized spacial score (nSPS) is 12.4. The lowest BCUT2D eigenvalue weighted by Crippen LogP contribution is -2.22. The van der Waals surface area contributed by atoms with Crippen molar-refractivity contribution in [2.75, 3.05) is 32.2 Å². The Kier molecular flexibility index (Phi) is 5.24. The van der Waals surface area contributed by atoms with Gasteiger partial charge in [-0.15, -0.1) is 0 Å². The van der Waals surface area contributed by atoms with Gasteiger partial charge in [-0.1, -0.05) is 0 Å². The molecule has 0 amide bonds. The van der Waals surface area contributed by atoms with Crippen molar-refractivity contribution < 1.29 is 14.9 Å². The lowest BCUT2D eigenvalue weighted by molar-refractivity contribution is 0.116. The average Bonchev–Trinajstić information content (AvgIpc) is 2.28. The van der Waals surface area contributed by atoms with Crippen molar-refractivity contribution in [3.05, 3.63) is 11.5 Å². The second-order valence-electron chi connectivity index (χ2n) is 3.26. The summed E-state index contributed by atoms with van der Waals surface area (Å²) in [5.41, 5.74) is 0. The van der Waals surface area contributed by atoms with E-state index in [1.165, 1.54) is 6.20 Å². The average molecular weight is 248 g/mol. The molecule has 0 fully saturated rings. The zero-order valence-corrected chi connectivity index (χ0v) is 9.61. The first-order chi connectivity index (χ1) is 7.67. The zero-order valence-electron chi connectivity index (χ0n) is 8.85. The summed E-state index contributed by atoms with van der Waals surface area (Å²) in [4.78, 5) is 7.42. The van der Waals surface area contributed by atoms with Gasteiger partial charge in [-0.05, 0) is 11.6 Å². The summed E-state index contributed by atoms with van der Waals surface area (Å²) >= 11 is 5.58. The molecule has 0 bridgehead atoms. The lowest BCUT2D eigenvalue weighted by atomic mass is 10.2. The smallest absolute Gasteiger partial charge is 0.224 e. The Morgan fingerprint density at radius 1 is 1.62 bits per heavy atom. The number of hydrogen-bond acceptors (Lipinski definition) is 6. The second kappa shape index (κ2) is 6.47. The molecular formula is C9H14ClN3O3. The minimum atomic E-state index is -0.0847. The molecule has 1 atom stereocenters. The second-order valence-corrected chi connectivity index (χ2v) is 3.60. The number of aromatic nitrogens is 2. The molecule has 0 saturated heterocycles. The first kappa shape index (κ1) is 13.0. The van der Waals surface area contributed by atoms with Crippen molar-refractivity contribution in [2.45, 2.75) is 0 Å². The third-order valence-corrected chi connectivity index (χ3v) is 2.14. The Labute approximate surface area is 98.3 Å². The van der Waals surface area contributed by atoms with Crippen LogP contribution in [0.1, 0.15) is 0 Å². The maximum absolute atomic E-state index is 9.41. The van der Waals surface area contributed by atoms with E-state index < -0.39 is 0 Å². The fourth-order valence-corrected chi connectivity index (χ4v) is 1.27. The van der Waals surface area contributed by atoms with Crippen LogP contribution in [0.25, 0.3) is 0 Å². The van der Waals surface area contributed by atoms with E-state index in [4.69, 9.17) is 21.4 Å². The third-order valence-electron chi connectivity index (χ3n) is 1.96. The largest absolute Gasteiger partial charge is 0.503 e. The first-order valence-electron chi connectivity index (χ1n) is 4.72. The molecule has 1 aromatic rings. The molecule has 0 aliphatic heterocycles. The molecule has 0 aromatic carbocycles. The van der Waals surface area contributed by atoms with Gasteiger partial charge in [0, 0.05) is 26.2 Å². The summed E-state index contributed by atoms with van der Waals surface area (Å²) in [6.07, 6.45) is 1.21. The lowest BCUT2D eigenvalue weighted by Gasteiger charge is -2.14. The monoisotopic (exact) mass is 247 g/mol. The maximum atomic E-state index is 9.41. The van der Waals surface area contributed by atoms with Crippen molar-refractivity contribution in [2.24, 2.45) is 5.92 Å². The number of ether oxygens (including phenoxy) is 1. The van der Waals surface area contributed by atoms with Crippen LogP contribution in [-0.4, -0.2) is 47.0 Å². The number of aliphatic hydroxyl groups excluding tert-OH is 1. The number of hydrogen-bond donors (Lipinski definition) is 3. The van der Waals surface area contributed by atoms with Crippen molar-refractivity contribution in [1.82, 2.24) is 9.97 Å². The summed E-state index contributed by atoms with van der Waals surface area (Å²) in [5, 5.41) is 21.3. The number of nitrogens with one attached hydrogen (secondary N) is 1. The number of aromatic hydroxyl groups is 1. The molecule has 6 nitrogen and oxygen atoms in total. The first-order valence-corrected chi connectivity index (χ1v) is 5.10. The molecule has 0 aliphatic rings. The number of nitrogens with zero attached hydrogens (tertiary/aromatic N) is 2. The Bertz CT molecular complexity index is 338. The summed E-state index contributed by atoms with van der Waals surface area (Å²) in [6, 6.07) is 0. The standard InChI is InChI=1S/C9H14ClN3O3/c1-16-5-6(4-14)2-11-8-7(15)3-12-9(10)13-8/h3,6,14-15H,2,4-5H2,1H3,(H,11,12,13)/t6-/m1/s1. The van der Waals surface area contributed by atoms with Crippen LogP contribution in [0, 0.1) is 5.92 Å². The minimum Gasteiger partial charge on any atom is -0.503 e. The predicted molar refractivity (Wildman–Crippen MR) is 59.6 cm³/mol. The molecule has 1 rings (SSSR count). The molecule has 0 spiro atoms. The molecule has 0 saturated carbocycles. The summed E-state index contributed by atoms with van der Waals surface area (Å²) in [6.45, 7) is 0.828. The summed E-state index contributed by atoms with van der Waals surface area (Å²) < 4.78 is 4.92. The summed E-state index contributed by atoms with van der Waals surface area (Å²) in [7, 11) is 1.56. The Balaban J connectivity index is 2.55. The summed E-state index contributed by atoms with van der Waals surface area (Å²) in [5.74, 6) is 0.0891. The molecular weight excluding hydrogens is 234 g/mol. The Hall–Kier alpha value is -1.11. The van der Waals surface area contributed by atoms with Crippen LogP contribution >= 0.6 is 11.6 Å². The van der Waals surface area contributed by atoms with E-state index >= 15 is 0 Å². The zero-order chi connectivity index (χ0) is 12.0. The van der Waals surface area contributed by atoms with Gasteiger partial charge in [-0.3, -0.25) is 0 Å². The SMILES string of the molecule is COC[C@@H](CO)CNc1nc(Cl)ncc1O. The Morgan fingerprint density at radius 2 is 2.38 bits per heavy atom. The number of rotatable bonds is 6. The van der Waals surface area contributed by atoms with Gasteiger partial charge in [0.15, 0.2) is 11.6 Å². The van der Waals surface area contributed by atoms with Crippen molar-refractivity contribution in [3.8, 4) is 5.75 Å². The maximum Gasteiger partial charge on any atom is 0.224 e. The van der Waals surface area contributed by atoms with Crippen molar-refractivity contribution in [1.29, 1.82) is 0 Å². The molecule has 0 radical (unpaired) electrons. The van der Waals surface area contributed by atoms with E-state index in [1.807, 2.05) is 0 Å². The van der Waals surface area contributed by atoms with Crippen LogP contribution in [0.2, 0.25) is 5.28 Å². The highest BCUT2D eigenvalue weighted by Gasteiger charge is 2.09. The molecule has 0 unspecified atom stereocenters. The highest BCUT2D eigenvalue weighted by Crippen LogP contribution is 2.20. The van der Waals surface area contributed by atoms with Gasteiger partial charge in [-0.25, -0.2) is 4.98 Å². The third kappa shape index (κ3) is 3.80. The topological polar surface area (TPSA) is 87.5 Å². The van der Waals surface area contributed by atoms with Gasteiger partial charge in [0.1, 0.15) is 0 Å². The molecule has 90 valence electrons. The van der Waals surface area contributed by atoms with Crippen LogP contribution in [0.5, 0.6) is 5.75 Å². The van der Waals surface area contributed by atoms with E-state index in [0.717, 1.165) is 0 Å². The predicted octanol–water partition coefficient (Wildman–Crippen LogP) is 0.502. The number of anilines is 1. The molecule has 3 N–H and O–H groups in total. The number of aliphatic hydroxyl groups is 1. The van der Waals surface area contributed by atoms with Gasteiger partial charge >= 0.3 is 0 Å². The van der Waals surface area contributed by atoms with Crippen LogP contribution in [0.15, 0.2) is 6.20 Å². The highest BCUT2D eigenvalue weighted by molar-refractivity contribution is 6.28. The molecule has 1 heterocycles. The van der Waals surface area contributed by atoms with Gasteiger partial charge in [0.2, 0.25) is 5.28 Å². The Morgan fingerprint density at radius 3 is 3.00 bits per heavy atom. The van der Waals surface area contributed by atoms with Gasteiger partial charge in [-0.2, -0.15) is 4.98 Å².